The molecule has 0 aliphatic heterocycles. The van der Waals surface area contributed by atoms with Gasteiger partial charge in [-0.2, -0.15) is 0 Å². The molecule has 2 N–H and O–H groups in total. The number of hydrogen-bond donors (Lipinski definition) is 2. The molecule has 1 atom stereocenters. The van der Waals surface area contributed by atoms with Gasteiger partial charge in [0.05, 0.1) is 34.9 Å². The number of ether oxygens (including phenoxy) is 4. The third-order valence-corrected chi connectivity index (χ3v) is 6.31. The fourth-order valence-corrected chi connectivity index (χ4v) is 4.24. The zero-order chi connectivity index (χ0) is 29.9. The van der Waals surface area contributed by atoms with Gasteiger partial charge in [-0.25, -0.2) is 0 Å². The van der Waals surface area contributed by atoms with E-state index in [9.17, 15) is 19.8 Å². The highest BCUT2D eigenvalue weighted by Crippen LogP contribution is 2.41. The predicted octanol–water partition coefficient (Wildman–Crippen LogP) is 6.10. The molecule has 0 aromatic heterocycles. The molecule has 3 aromatic carbocycles. The zero-order valence-corrected chi connectivity index (χ0v) is 23.7. The number of aromatic hydroxyl groups is 2. The second kappa shape index (κ2) is 14.4. The summed E-state index contributed by atoms with van der Waals surface area (Å²) in [4.78, 5) is 24.9. The minimum absolute atomic E-state index is 0.00827. The average molecular weight is 559 g/mol. The molecule has 8 nitrogen and oxygen atoms in total. The Balaban J connectivity index is 1.84. The van der Waals surface area contributed by atoms with E-state index < -0.39 is 0 Å². The number of hydrogen-bond acceptors (Lipinski definition) is 8. The highest BCUT2D eigenvalue weighted by Gasteiger charge is 2.21. The van der Waals surface area contributed by atoms with Crippen molar-refractivity contribution >= 4 is 23.7 Å². The molecule has 1 unspecified atom stereocenters. The molecule has 0 aliphatic rings. The topological polar surface area (TPSA) is 112 Å². The largest absolute Gasteiger partial charge is 0.504 e. The maximum absolute atomic E-state index is 12.6. The molecule has 3 rings (SSSR count). The van der Waals surface area contributed by atoms with Gasteiger partial charge in [0, 0.05) is 11.5 Å². The van der Waals surface area contributed by atoms with Gasteiger partial charge in [-0.3, -0.25) is 9.59 Å². The third kappa shape index (κ3) is 7.79. The number of ketones is 2. The number of carbonyl (C=O) groups excluding carboxylic acids is 2. The van der Waals surface area contributed by atoms with E-state index in [-0.39, 0.29) is 46.9 Å². The van der Waals surface area contributed by atoms with Crippen LogP contribution < -0.4 is 18.9 Å². The Hall–Kier alpha value is -4.98. The number of benzene rings is 3. The Bertz CT molecular complexity index is 1480. The van der Waals surface area contributed by atoms with Crippen molar-refractivity contribution in [2.24, 2.45) is 0 Å². The highest BCUT2D eigenvalue weighted by atomic mass is 16.5. The summed E-state index contributed by atoms with van der Waals surface area (Å²) in [7, 11) is 6.00. The van der Waals surface area contributed by atoms with Crippen molar-refractivity contribution in [1.82, 2.24) is 0 Å². The standard InChI is InChI=1S/C33H34O8/c1-6-7-26(23-11-15-29(38-2)31(19-23)40-4)27-16-22(18-32(41-5)33(27)37)9-13-25(35)20-24(34)12-8-21-10-14-28(36)30(17-21)39-3/h6-19,26,36-37H,20H2,1-5H3. The molecule has 41 heavy (non-hydrogen) atoms. The molecule has 0 amide bonds. The Morgan fingerprint density at radius 1 is 0.732 bits per heavy atom. The van der Waals surface area contributed by atoms with Gasteiger partial charge >= 0.3 is 0 Å². The first-order valence-electron chi connectivity index (χ1n) is 12.8. The van der Waals surface area contributed by atoms with Crippen LogP contribution in [0, 0.1) is 0 Å². The second-order valence-corrected chi connectivity index (χ2v) is 8.99. The third-order valence-electron chi connectivity index (χ3n) is 6.31. The van der Waals surface area contributed by atoms with Crippen molar-refractivity contribution in [2.75, 3.05) is 28.4 Å². The summed E-state index contributed by atoms with van der Waals surface area (Å²) in [5, 5.41) is 20.7. The number of carbonyl (C=O) groups is 2. The molecule has 0 radical (unpaired) electrons. The van der Waals surface area contributed by atoms with E-state index in [4.69, 9.17) is 18.9 Å². The molecule has 0 heterocycles. The number of phenolic OH excluding ortho intramolecular Hbond substituents is 2. The van der Waals surface area contributed by atoms with E-state index in [1.54, 1.807) is 56.7 Å². The first-order chi connectivity index (χ1) is 19.7. The van der Waals surface area contributed by atoms with Gasteiger partial charge in [0.25, 0.3) is 0 Å². The van der Waals surface area contributed by atoms with Crippen LogP contribution in [0.3, 0.4) is 0 Å². The first-order valence-corrected chi connectivity index (χ1v) is 12.8. The number of methoxy groups -OCH3 is 4. The summed E-state index contributed by atoms with van der Waals surface area (Å²) >= 11 is 0. The lowest BCUT2D eigenvalue weighted by Crippen LogP contribution is -2.03. The maximum atomic E-state index is 12.6. The van der Waals surface area contributed by atoms with Crippen LogP contribution in [-0.2, 0) is 9.59 Å². The van der Waals surface area contributed by atoms with E-state index >= 15 is 0 Å². The van der Waals surface area contributed by atoms with Crippen LogP contribution in [0.5, 0.6) is 34.5 Å². The predicted molar refractivity (Wildman–Crippen MR) is 158 cm³/mol. The van der Waals surface area contributed by atoms with Crippen molar-refractivity contribution in [3.05, 3.63) is 95.1 Å². The minimum atomic E-state index is -0.388. The average Bonchev–Trinajstić information content (AvgIpc) is 2.98. The van der Waals surface area contributed by atoms with E-state index in [0.29, 0.717) is 28.2 Å². The van der Waals surface area contributed by atoms with Crippen molar-refractivity contribution < 1.29 is 38.7 Å². The first kappa shape index (κ1) is 30.6. The van der Waals surface area contributed by atoms with Crippen LogP contribution in [0.15, 0.2) is 72.8 Å². The summed E-state index contributed by atoms with van der Waals surface area (Å²) in [6.07, 6.45) is 9.26. The van der Waals surface area contributed by atoms with Crippen LogP contribution in [0.25, 0.3) is 12.2 Å². The van der Waals surface area contributed by atoms with Crippen LogP contribution in [0.4, 0.5) is 0 Å². The molecule has 0 bridgehead atoms. The number of allylic oxidation sites excluding steroid dienone is 4. The van der Waals surface area contributed by atoms with Crippen molar-refractivity contribution in [3.63, 3.8) is 0 Å². The van der Waals surface area contributed by atoms with Gasteiger partial charge in [0.2, 0.25) is 0 Å². The molecular weight excluding hydrogens is 524 g/mol. The van der Waals surface area contributed by atoms with Gasteiger partial charge in [-0.05, 0) is 72.2 Å². The van der Waals surface area contributed by atoms with Gasteiger partial charge in [-0.15, -0.1) is 0 Å². The van der Waals surface area contributed by atoms with Crippen LogP contribution in [0.2, 0.25) is 0 Å². The molecule has 3 aromatic rings. The molecule has 0 spiro atoms. The lowest BCUT2D eigenvalue weighted by Gasteiger charge is -2.19. The summed E-state index contributed by atoms with van der Waals surface area (Å²) in [5.74, 6) is 0.501. The van der Waals surface area contributed by atoms with Crippen molar-refractivity contribution in [3.8, 4) is 34.5 Å². The zero-order valence-electron chi connectivity index (χ0n) is 23.7. The fraction of sp³-hybridized carbons (Fsp3) is 0.212. The van der Waals surface area contributed by atoms with Gasteiger partial charge in [0.1, 0.15) is 0 Å². The summed E-state index contributed by atoms with van der Waals surface area (Å²) < 4.78 is 21.3. The monoisotopic (exact) mass is 558 g/mol. The van der Waals surface area contributed by atoms with Crippen LogP contribution >= 0.6 is 0 Å². The molecule has 8 heteroatoms. The Morgan fingerprint density at radius 2 is 1.34 bits per heavy atom. The highest BCUT2D eigenvalue weighted by molar-refractivity contribution is 6.10. The minimum Gasteiger partial charge on any atom is -0.504 e. The Morgan fingerprint density at radius 3 is 1.95 bits per heavy atom. The van der Waals surface area contributed by atoms with Crippen LogP contribution in [-0.4, -0.2) is 50.2 Å². The Labute approximate surface area is 239 Å². The summed E-state index contributed by atoms with van der Waals surface area (Å²) in [5.41, 5.74) is 2.66. The summed E-state index contributed by atoms with van der Waals surface area (Å²) in [6.45, 7) is 1.88. The van der Waals surface area contributed by atoms with Gasteiger partial charge < -0.3 is 29.2 Å². The lowest BCUT2D eigenvalue weighted by atomic mass is 9.88. The molecule has 0 fully saturated rings. The van der Waals surface area contributed by atoms with E-state index in [2.05, 4.69) is 0 Å². The van der Waals surface area contributed by atoms with Crippen molar-refractivity contribution in [2.45, 2.75) is 19.3 Å². The normalized spacial score (nSPS) is 12.1. The molecule has 0 aliphatic carbocycles. The van der Waals surface area contributed by atoms with Gasteiger partial charge in [0.15, 0.2) is 46.1 Å². The SMILES string of the molecule is CC=CC(c1ccc(OC)c(OC)c1)c1cc(C=CC(=O)CC(=O)C=Cc2ccc(O)c(OC)c2)cc(OC)c1O. The second-order valence-electron chi connectivity index (χ2n) is 8.99. The van der Waals surface area contributed by atoms with E-state index in [0.717, 1.165) is 5.56 Å². The van der Waals surface area contributed by atoms with Crippen molar-refractivity contribution in [1.29, 1.82) is 0 Å². The summed E-state index contributed by atoms with van der Waals surface area (Å²) in [6, 6.07) is 13.6. The smallest absolute Gasteiger partial charge is 0.163 e. The van der Waals surface area contributed by atoms with E-state index in [1.807, 2.05) is 31.2 Å². The van der Waals surface area contributed by atoms with Crippen LogP contribution in [0.1, 0.15) is 41.5 Å². The lowest BCUT2D eigenvalue weighted by molar-refractivity contribution is -0.121. The number of phenols is 2. The molecule has 0 saturated heterocycles. The molecular formula is C33H34O8. The van der Waals surface area contributed by atoms with E-state index in [1.165, 1.54) is 32.4 Å². The maximum Gasteiger partial charge on any atom is 0.163 e. The Kier molecular flexibility index (Phi) is 10.7. The molecule has 0 saturated carbocycles. The quantitative estimate of drug-likeness (QED) is 0.147. The fourth-order valence-electron chi connectivity index (χ4n) is 4.24. The molecule has 214 valence electrons. The van der Waals surface area contributed by atoms with Gasteiger partial charge in [-0.1, -0.05) is 36.4 Å². The number of rotatable bonds is 13.